The molecule has 1 unspecified atom stereocenters. The molecule has 3 aromatic rings. The molecule has 1 N–H and O–H groups in total. The van der Waals surface area contributed by atoms with E-state index in [1.807, 2.05) is 24.3 Å². The largest absolute Gasteiger partial charge is 0.466 e. The molecule has 0 spiro atoms. The first-order valence-corrected chi connectivity index (χ1v) is 11.0. The first-order valence-electron chi connectivity index (χ1n) is 11.0. The SMILES string of the molecule is COC(=O)/C=C\c1cc(F)c(C2c3[nH]c4ccccc4c3CCN2CC2(C)COC2)c(F)c1. The van der Waals surface area contributed by atoms with Gasteiger partial charge in [0.05, 0.1) is 26.4 Å². The van der Waals surface area contributed by atoms with Crippen LogP contribution >= 0.6 is 0 Å². The lowest BCUT2D eigenvalue weighted by molar-refractivity contribution is -0.134. The Hall–Kier alpha value is -3.03. The number of rotatable bonds is 5. The summed E-state index contributed by atoms with van der Waals surface area (Å²) in [4.78, 5) is 17.0. The third-order valence-electron chi connectivity index (χ3n) is 6.61. The fourth-order valence-corrected chi connectivity index (χ4v) is 5.01. The van der Waals surface area contributed by atoms with Crippen molar-refractivity contribution in [2.45, 2.75) is 19.4 Å². The second kappa shape index (κ2) is 8.39. The Morgan fingerprint density at radius 2 is 2.00 bits per heavy atom. The van der Waals surface area contributed by atoms with Gasteiger partial charge in [-0.25, -0.2) is 13.6 Å². The molecule has 0 aliphatic carbocycles. The van der Waals surface area contributed by atoms with Gasteiger partial charge in [-0.3, -0.25) is 4.90 Å². The molecule has 1 aromatic heterocycles. The summed E-state index contributed by atoms with van der Waals surface area (Å²) in [5.41, 5.74) is 3.14. The molecule has 0 saturated carbocycles. The number of fused-ring (bicyclic) bond motifs is 3. The number of benzene rings is 2. The van der Waals surface area contributed by atoms with E-state index < -0.39 is 23.6 Å². The van der Waals surface area contributed by atoms with Crippen molar-refractivity contribution in [2.75, 3.05) is 33.4 Å². The molecule has 2 aliphatic rings. The smallest absolute Gasteiger partial charge is 0.330 e. The van der Waals surface area contributed by atoms with E-state index in [0.29, 0.717) is 26.3 Å². The Morgan fingerprint density at radius 3 is 2.67 bits per heavy atom. The number of hydrogen-bond acceptors (Lipinski definition) is 4. The number of para-hydroxylation sites is 1. The minimum Gasteiger partial charge on any atom is -0.466 e. The van der Waals surface area contributed by atoms with Crippen LogP contribution in [0.5, 0.6) is 0 Å². The number of H-pyrrole nitrogens is 1. The molecule has 1 fully saturated rings. The van der Waals surface area contributed by atoms with Gasteiger partial charge >= 0.3 is 5.97 Å². The molecule has 33 heavy (non-hydrogen) atoms. The number of nitrogens with zero attached hydrogens (tertiary/aromatic N) is 1. The number of aromatic nitrogens is 1. The van der Waals surface area contributed by atoms with Gasteiger partial charge in [-0.15, -0.1) is 0 Å². The second-order valence-electron chi connectivity index (χ2n) is 9.24. The van der Waals surface area contributed by atoms with Gasteiger partial charge in [0.25, 0.3) is 0 Å². The van der Waals surface area contributed by atoms with Gasteiger partial charge in [0.1, 0.15) is 11.6 Å². The summed E-state index contributed by atoms with van der Waals surface area (Å²) in [6, 6.07) is 9.91. The van der Waals surface area contributed by atoms with Gasteiger partial charge < -0.3 is 14.5 Å². The lowest BCUT2D eigenvalue weighted by atomic mass is 9.84. The Bertz CT molecular complexity index is 1220. The highest BCUT2D eigenvalue weighted by Crippen LogP contribution is 2.42. The molecular weight excluding hydrogens is 426 g/mol. The van der Waals surface area contributed by atoms with Crippen LogP contribution in [-0.4, -0.2) is 49.3 Å². The monoisotopic (exact) mass is 452 g/mol. The highest BCUT2D eigenvalue weighted by Gasteiger charge is 2.41. The zero-order valence-electron chi connectivity index (χ0n) is 18.7. The summed E-state index contributed by atoms with van der Waals surface area (Å²) in [5.74, 6) is -1.87. The fraction of sp³-hybridized carbons (Fsp3) is 0.346. The highest BCUT2D eigenvalue weighted by atomic mass is 19.1. The van der Waals surface area contributed by atoms with Crippen molar-refractivity contribution in [3.8, 4) is 0 Å². The van der Waals surface area contributed by atoms with Crippen molar-refractivity contribution in [3.05, 3.63) is 76.5 Å². The number of carbonyl (C=O) groups excluding carboxylic acids is 1. The number of methoxy groups -OCH3 is 1. The normalized spacial score (nSPS) is 20.1. The van der Waals surface area contributed by atoms with Crippen LogP contribution in [0.15, 0.2) is 42.5 Å². The van der Waals surface area contributed by atoms with Crippen LogP contribution in [0.2, 0.25) is 0 Å². The quantitative estimate of drug-likeness (QED) is 0.454. The van der Waals surface area contributed by atoms with Crippen molar-refractivity contribution in [1.29, 1.82) is 0 Å². The second-order valence-corrected chi connectivity index (χ2v) is 9.24. The van der Waals surface area contributed by atoms with Crippen LogP contribution in [0, 0.1) is 17.0 Å². The molecule has 1 saturated heterocycles. The van der Waals surface area contributed by atoms with Crippen LogP contribution < -0.4 is 0 Å². The third-order valence-corrected chi connectivity index (χ3v) is 6.61. The summed E-state index contributed by atoms with van der Waals surface area (Å²) in [6.45, 7) is 4.78. The molecule has 0 bridgehead atoms. The molecule has 172 valence electrons. The molecule has 5 rings (SSSR count). The van der Waals surface area contributed by atoms with E-state index >= 15 is 8.78 Å². The number of halogens is 2. The van der Waals surface area contributed by atoms with E-state index in [1.165, 1.54) is 25.3 Å². The minimum atomic E-state index is -0.643. The number of ether oxygens (including phenoxy) is 2. The Morgan fingerprint density at radius 1 is 1.27 bits per heavy atom. The Balaban J connectivity index is 1.61. The van der Waals surface area contributed by atoms with E-state index in [1.54, 1.807) is 0 Å². The van der Waals surface area contributed by atoms with Crippen molar-refractivity contribution in [1.82, 2.24) is 9.88 Å². The maximum atomic E-state index is 15.5. The number of carbonyl (C=O) groups is 1. The molecule has 7 heteroatoms. The average molecular weight is 453 g/mol. The summed E-state index contributed by atoms with van der Waals surface area (Å²) in [6.07, 6.45) is 3.30. The molecule has 1 atom stereocenters. The minimum absolute atomic E-state index is 0.0153. The van der Waals surface area contributed by atoms with Crippen LogP contribution in [0.25, 0.3) is 17.0 Å². The van der Waals surface area contributed by atoms with Crippen LogP contribution in [0.1, 0.15) is 35.3 Å². The van der Waals surface area contributed by atoms with Gasteiger partial charge in [-0.1, -0.05) is 25.1 Å². The molecule has 0 amide bonds. The average Bonchev–Trinajstić information content (AvgIpc) is 3.15. The van der Waals surface area contributed by atoms with E-state index in [0.717, 1.165) is 34.7 Å². The van der Waals surface area contributed by atoms with Crippen LogP contribution in [0.4, 0.5) is 8.78 Å². The van der Waals surface area contributed by atoms with E-state index in [9.17, 15) is 4.79 Å². The molecule has 3 heterocycles. The zero-order chi connectivity index (χ0) is 23.2. The topological polar surface area (TPSA) is 54.6 Å². The summed E-state index contributed by atoms with van der Waals surface area (Å²) in [5, 5.41) is 1.09. The van der Waals surface area contributed by atoms with E-state index in [2.05, 4.69) is 21.5 Å². The fourth-order valence-electron chi connectivity index (χ4n) is 5.01. The number of nitrogens with one attached hydrogen (secondary N) is 1. The lowest BCUT2D eigenvalue weighted by Crippen LogP contribution is -2.51. The number of hydrogen-bond donors (Lipinski definition) is 1. The molecule has 5 nitrogen and oxygen atoms in total. The first-order chi connectivity index (χ1) is 15.9. The van der Waals surface area contributed by atoms with Crippen LogP contribution in [-0.2, 0) is 20.7 Å². The summed E-state index contributed by atoms with van der Waals surface area (Å²) < 4.78 is 41.0. The Kier molecular flexibility index (Phi) is 5.54. The van der Waals surface area contributed by atoms with Gasteiger partial charge in [0.2, 0.25) is 0 Å². The lowest BCUT2D eigenvalue weighted by Gasteiger charge is -2.45. The molecular formula is C26H26F2N2O3. The van der Waals surface area contributed by atoms with Crippen molar-refractivity contribution >= 4 is 22.9 Å². The van der Waals surface area contributed by atoms with Gasteiger partial charge in [-0.2, -0.15) is 0 Å². The molecule has 2 aromatic carbocycles. The van der Waals surface area contributed by atoms with Gasteiger partial charge in [-0.05, 0) is 41.8 Å². The van der Waals surface area contributed by atoms with Crippen molar-refractivity contribution in [2.24, 2.45) is 5.41 Å². The van der Waals surface area contributed by atoms with Gasteiger partial charge in [0.15, 0.2) is 0 Å². The van der Waals surface area contributed by atoms with Crippen LogP contribution in [0.3, 0.4) is 0 Å². The summed E-state index contributed by atoms with van der Waals surface area (Å²) in [7, 11) is 1.25. The summed E-state index contributed by atoms with van der Waals surface area (Å²) >= 11 is 0. The number of aromatic amines is 1. The van der Waals surface area contributed by atoms with E-state index in [-0.39, 0.29) is 16.5 Å². The maximum Gasteiger partial charge on any atom is 0.330 e. The van der Waals surface area contributed by atoms with Crippen molar-refractivity contribution < 1.29 is 23.0 Å². The molecule has 0 radical (unpaired) electrons. The van der Waals surface area contributed by atoms with Gasteiger partial charge in [0, 0.05) is 46.7 Å². The predicted octanol–water partition coefficient (Wildman–Crippen LogP) is 4.62. The van der Waals surface area contributed by atoms with Crippen molar-refractivity contribution in [3.63, 3.8) is 0 Å². The van der Waals surface area contributed by atoms with E-state index in [4.69, 9.17) is 4.74 Å². The third kappa shape index (κ3) is 3.96. The standard InChI is InChI=1S/C26H26F2N2O3/c1-26(14-33-15-26)13-30-10-9-18-17-5-3-4-6-21(17)29-24(18)25(30)23-19(27)11-16(12-20(23)28)7-8-22(31)32-2/h3-8,11-12,25,29H,9-10,13-15H2,1-2H3/b8-7-. The Labute approximate surface area is 191 Å². The number of esters is 1. The molecule has 2 aliphatic heterocycles. The maximum absolute atomic E-state index is 15.5. The first kappa shape index (κ1) is 21.8. The predicted molar refractivity (Wildman–Crippen MR) is 122 cm³/mol. The highest BCUT2D eigenvalue weighted by molar-refractivity contribution is 5.87. The zero-order valence-corrected chi connectivity index (χ0v) is 18.7.